The molecule has 1 aromatic rings. The Morgan fingerprint density at radius 1 is 1.14 bits per heavy atom. The van der Waals surface area contributed by atoms with E-state index in [-0.39, 0.29) is 0 Å². The molecule has 1 N–H and O–H groups in total. The standard InChI is InChI=1S/C10H6F6N2O3/c11-9(12,13)4-18(8(21)10(14,15)16)6-2-1-5(3-17-6)7(19)20/h1-3H,4H2,(H,19,20). The summed E-state index contributed by atoms with van der Waals surface area (Å²) in [4.78, 5) is 24.1. The summed E-state index contributed by atoms with van der Waals surface area (Å²) in [6.45, 7) is -2.20. The summed E-state index contributed by atoms with van der Waals surface area (Å²) >= 11 is 0. The molecule has 0 aliphatic heterocycles. The van der Waals surface area contributed by atoms with Crippen LogP contribution in [0, 0.1) is 0 Å². The van der Waals surface area contributed by atoms with Crippen molar-refractivity contribution in [3.63, 3.8) is 0 Å². The van der Waals surface area contributed by atoms with Crippen LogP contribution in [0.5, 0.6) is 0 Å². The Morgan fingerprint density at radius 3 is 2.05 bits per heavy atom. The second kappa shape index (κ2) is 5.58. The van der Waals surface area contributed by atoms with E-state index >= 15 is 0 Å². The Bertz CT molecular complexity index is 537. The van der Waals surface area contributed by atoms with E-state index in [2.05, 4.69) is 4.98 Å². The van der Waals surface area contributed by atoms with Crippen LogP contribution in [0.2, 0.25) is 0 Å². The molecule has 0 spiro atoms. The van der Waals surface area contributed by atoms with E-state index in [1.165, 1.54) is 0 Å². The molecule has 0 aromatic carbocycles. The largest absolute Gasteiger partial charge is 0.478 e. The van der Waals surface area contributed by atoms with E-state index in [1.54, 1.807) is 0 Å². The van der Waals surface area contributed by atoms with E-state index in [9.17, 15) is 35.9 Å². The normalized spacial score (nSPS) is 12.1. The van der Waals surface area contributed by atoms with Crippen LogP contribution in [-0.2, 0) is 4.79 Å². The highest BCUT2D eigenvalue weighted by atomic mass is 19.4. The molecule has 0 fully saturated rings. The highest BCUT2D eigenvalue weighted by Crippen LogP contribution is 2.26. The lowest BCUT2D eigenvalue weighted by atomic mass is 10.3. The number of amides is 1. The van der Waals surface area contributed by atoms with Crippen molar-refractivity contribution in [2.24, 2.45) is 0 Å². The number of hydrogen-bond acceptors (Lipinski definition) is 3. The van der Waals surface area contributed by atoms with Gasteiger partial charge in [-0.1, -0.05) is 0 Å². The van der Waals surface area contributed by atoms with E-state index in [1.807, 2.05) is 0 Å². The number of hydrogen-bond donors (Lipinski definition) is 1. The summed E-state index contributed by atoms with van der Waals surface area (Å²) in [7, 11) is 0. The average Bonchev–Trinajstić information content (AvgIpc) is 2.33. The van der Waals surface area contributed by atoms with Gasteiger partial charge in [-0.3, -0.25) is 9.69 Å². The van der Waals surface area contributed by atoms with Gasteiger partial charge in [0.05, 0.1) is 5.56 Å². The highest BCUT2D eigenvalue weighted by molar-refractivity contribution is 5.97. The molecule has 0 unspecified atom stereocenters. The number of aromatic nitrogens is 1. The van der Waals surface area contributed by atoms with Crippen molar-refractivity contribution in [2.45, 2.75) is 12.4 Å². The van der Waals surface area contributed by atoms with Crippen molar-refractivity contribution >= 4 is 17.7 Å². The van der Waals surface area contributed by atoms with Gasteiger partial charge in [0.1, 0.15) is 12.4 Å². The van der Waals surface area contributed by atoms with Crippen LogP contribution in [0.1, 0.15) is 10.4 Å². The molecule has 0 aliphatic carbocycles. The van der Waals surface area contributed by atoms with E-state index in [0.717, 1.165) is 6.07 Å². The van der Waals surface area contributed by atoms with Crippen LogP contribution >= 0.6 is 0 Å². The van der Waals surface area contributed by atoms with Gasteiger partial charge in [-0.05, 0) is 12.1 Å². The Morgan fingerprint density at radius 2 is 1.71 bits per heavy atom. The minimum Gasteiger partial charge on any atom is -0.478 e. The number of carboxylic acid groups (broad SMARTS) is 1. The Balaban J connectivity index is 3.18. The first-order valence-corrected chi connectivity index (χ1v) is 5.06. The summed E-state index contributed by atoms with van der Waals surface area (Å²) in [6.07, 6.45) is -10.1. The fraction of sp³-hybridized carbons (Fsp3) is 0.300. The summed E-state index contributed by atoms with van der Waals surface area (Å²) in [5.41, 5.74) is -0.454. The van der Waals surface area contributed by atoms with Gasteiger partial charge in [-0.15, -0.1) is 0 Å². The number of halogens is 6. The molecule has 116 valence electrons. The summed E-state index contributed by atoms with van der Waals surface area (Å²) in [5, 5.41) is 8.56. The number of anilines is 1. The topological polar surface area (TPSA) is 70.5 Å². The molecule has 11 heteroatoms. The van der Waals surface area contributed by atoms with Gasteiger partial charge >= 0.3 is 24.2 Å². The third-order valence-corrected chi connectivity index (χ3v) is 2.10. The molecular formula is C10H6F6N2O3. The van der Waals surface area contributed by atoms with Gasteiger partial charge < -0.3 is 5.11 Å². The monoisotopic (exact) mass is 316 g/mol. The fourth-order valence-electron chi connectivity index (χ4n) is 1.26. The van der Waals surface area contributed by atoms with Crippen molar-refractivity contribution < 1.29 is 41.0 Å². The Kier molecular flexibility index (Phi) is 4.44. The van der Waals surface area contributed by atoms with Crippen molar-refractivity contribution in [1.82, 2.24) is 4.98 Å². The zero-order chi connectivity index (χ0) is 16.4. The molecule has 0 saturated heterocycles. The van der Waals surface area contributed by atoms with Crippen LogP contribution in [0.3, 0.4) is 0 Å². The summed E-state index contributed by atoms with van der Waals surface area (Å²) < 4.78 is 73.7. The zero-order valence-electron chi connectivity index (χ0n) is 9.87. The lowest BCUT2D eigenvalue weighted by Crippen LogP contribution is -2.46. The molecule has 1 rings (SSSR count). The minimum atomic E-state index is -5.53. The third-order valence-electron chi connectivity index (χ3n) is 2.10. The zero-order valence-corrected chi connectivity index (χ0v) is 9.87. The van der Waals surface area contributed by atoms with Crippen LogP contribution in [0.15, 0.2) is 18.3 Å². The number of rotatable bonds is 3. The first kappa shape index (κ1) is 16.7. The number of carboxylic acids is 1. The molecule has 0 atom stereocenters. The van der Waals surface area contributed by atoms with Crippen molar-refractivity contribution in [3.8, 4) is 0 Å². The van der Waals surface area contributed by atoms with Gasteiger partial charge in [0.15, 0.2) is 0 Å². The number of alkyl halides is 6. The number of nitrogens with zero attached hydrogens (tertiary/aromatic N) is 2. The molecular weight excluding hydrogens is 310 g/mol. The van der Waals surface area contributed by atoms with Crippen LogP contribution < -0.4 is 4.90 Å². The predicted octanol–water partition coefficient (Wildman–Crippen LogP) is 2.24. The third kappa shape index (κ3) is 4.61. The lowest BCUT2D eigenvalue weighted by molar-refractivity contribution is -0.174. The Hall–Kier alpha value is -2.33. The van der Waals surface area contributed by atoms with Gasteiger partial charge in [0.25, 0.3) is 0 Å². The molecule has 1 amide bonds. The SMILES string of the molecule is O=C(O)c1ccc(N(CC(F)(F)F)C(=O)C(F)(F)F)nc1. The lowest BCUT2D eigenvalue weighted by Gasteiger charge is -2.23. The highest BCUT2D eigenvalue weighted by Gasteiger charge is 2.46. The molecule has 1 aromatic heterocycles. The minimum absolute atomic E-state index is 0.454. The molecule has 1 heterocycles. The maximum Gasteiger partial charge on any atom is 0.471 e. The predicted molar refractivity (Wildman–Crippen MR) is 55.7 cm³/mol. The van der Waals surface area contributed by atoms with Crippen molar-refractivity contribution in [3.05, 3.63) is 23.9 Å². The number of aromatic carboxylic acids is 1. The average molecular weight is 316 g/mol. The van der Waals surface area contributed by atoms with E-state index in [0.29, 0.717) is 12.3 Å². The second-order valence-electron chi connectivity index (χ2n) is 3.71. The van der Waals surface area contributed by atoms with E-state index in [4.69, 9.17) is 5.11 Å². The number of pyridine rings is 1. The maximum atomic E-state index is 12.3. The van der Waals surface area contributed by atoms with Gasteiger partial charge in [-0.25, -0.2) is 9.78 Å². The van der Waals surface area contributed by atoms with Crippen LogP contribution in [0.4, 0.5) is 32.2 Å². The van der Waals surface area contributed by atoms with Crippen LogP contribution in [-0.4, -0.2) is 40.9 Å². The molecule has 0 saturated carbocycles. The van der Waals surface area contributed by atoms with Gasteiger partial charge in [-0.2, -0.15) is 26.3 Å². The smallest absolute Gasteiger partial charge is 0.471 e. The van der Waals surface area contributed by atoms with Gasteiger partial charge in [0.2, 0.25) is 0 Å². The number of carbonyl (C=O) groups is 2. The number of carbonyl (C=O) groups excluding carboxylic acids is 1. The maximum absolute atomic E-state index is 12.3. The van der Waals surface area contributed by atoms with E-state index < -0.39 is 47.1 Å². The molecule has 0 bridgehead atoms. The first-order valence-electron chi connectivity index (χ1n) is 5.06. The second-order valence-corrected chi connectivity index (χ2v) is 3.71. The molecule has 0 radical (unpaired) electrons. The van der Waals surface area contributed by atoms with Gasteiger partial charge in [0, 0.05) is 6.20 Å². The van der Waals surface area contributed by atoms with Crippen LogP contribution in [0.25, 0.3) is 0 Å². The molecule has 0 aliphatic rings. The van der Waals surface area contributed by atoms with Crippen molar-refractivity contribution in [1.29, 1.82) is 0 Å². The van der Waals surface area contributed by atoms with Crippen molar-refractivity contribution in [2.75, 3.05) is 11.4 Å². The molecule has 5 nitrogen and oxygen atoms in total. The summed E-state index contributed by atoms with van der Waals surface area (Å²) in [5.74, 6) is -5.19. The first-order chi connectivity index (χ1) is 9.42. The Labute approximate surface area is 112 Å². The molecule has 21 heavy (non-hydrogen) atoms. The quantitative estimate of drug-likeness (QED) is 0.868. The fourth-order valence-corrected chi connectivity index (χ4v) is 1.26. The summed E-state index contributed by atoms with van der Waals surface area (Å²) in [6, 6.07) is 1.32.